The highest BCUT2D eigenvalue weighted by Gasteiger charge is 2.29. The summed E-state index contributed by atoms with van der Waals surface area (Å²) in [5, 5.41) is 14.1. The zero-order chi connectivity index (χ0) is 30.3. The lowest BCUT2D eigenvalue weighted by Gasteiger charge is -2.34. The number of halogens is 3. The Kier molecular flexibility index (Phi) is 10.3. The molecule has 0 atom stereocenters. The first-order valence-corrected chi connectivity index (χ1v) is 13.5. The van der Waals surface area contributed by atoms with Crippen LogP contribution in [-0.4, -0.2) is 84.6 Å². The van der Waals surface area contributed by atoms with Gasteiger partial charge in [-0.2, -0.15) is 18.4 Å². The first kappa shape index (κ1) is 31.4. The van der Waals surface area contributed by atoms with Crippen LogP contribution in [0.3, 0.4) is 0 Å². The lowest BCUT2D eigenvalue weighted by atomic mass is 10.2. The number of piperazine rings is 1. The van der Waals surface area contributed by atoms with E-state index in [1.54, 1.807) is 54.5 Å². The third-order valence-corrected chi connectivity index (χ3v) is 7.51. The van der Waals surface area contributed by atoms with E-state index in [0.29, 0.717) is 37.6 Å². The van der Waals surface area contributed by atoms with Crippen molar-refractivity contribution in [3.05, 3.63) is 43.8 Å². The standard InChI is InChI=1S/C26H30F3N7O4S/c1-4-36-24(40)21(41-25(36)20(13-30)23(39)32-16-26(27,28)29)14-31-18-6-5-7-19(12-18)33(3)22(38)15-34-8-10-35(11-9-34)17(2)37/h5-7,12,14,31H,4,8-11,15-16H2,1-3H3,(H,32,39)/b21-14+,25-20-. The van der Waals surface area contributed by atoms with E-state index in [2.05, 4.69) is 5.32 Å². The van der Waals surface area contributed by atoms with E-state index < -0.39 is 29.8 Å². The second-order valence-electron chi connectivity index (χ2n) is 9.18. The number of carbonyl (C=O) groups is 3. The average molecular weight is 594 g/mol. The molecule has 0 unspecified atom stereocenters. The van der Waals surface area contributed by atoms with Crippen molar-refractivity contribution >= 4 is 52.2 Å². The van der Waals surface area contributed by atoms with Crippen LogP contribution in [0.2, 0.25) is 0 Å². The number of aromatic nitrogens is 1. The van der Waals surface area contributed by atoms with E-state index >= 15 is 0 Å². The molecule has 1 aromatic heterocycles. The van der Waals surface area contributed by atoms with E-state index in [1.807, 2.05) is 4.90 Å². The lowest BCUT2D eigenvalue weighted by Crippen LogP contribution is -2.50. The number of likely N-dealkylation sites (N-methyl/N-ethyl adjacent to an activating group) is 1. The molecule has 1 aliphatic heterocycles. The topological polar surface area (TPSA) is 131 Å². The number of carbonyl (C=O) groups excluding carboxylic acids is 3. The normalized spacial score (nSPS) is 15.2. The quantitative estimate of drug-likeness (QED) is 0.449. The molecule has 2 heterocycles. The number of nitrogens with one attached hydrogen (secondary N) is 2. The summed E-state index contributed by atoms with van der Waals surface area (Å²) in [5.41, 5.74) is 0.0180. The monoisotopic (exact) mass is 593 g/mol. The maximum Gasteiger partial charge on any atom is 0.405 e. The van der Waals surface area contributed by atoms with Crippen LogP contribution in [0.25, 0.3) is 11.8 Å². The number of benzene rings is 1. The number of nitriles is 1. The molecule has 0 radical (unpaired) electrons. The van der Waals surface area contributed by atoms with Gasteiger partial charge in [-0.15, -0.1) is 11.3 Å². The van der Waals surface area contributed by atoms with Crippen molar-refractivity contribution in [3.8, 4) is 6.07 Å². The van der Waals surface area contributed by atoms with Gasteiger partial charge in [0.15, 0.2) is 5.57 Å². The number of anilines is 2. The van der Waals surface area contributed by atoms with Gasteiger partial charge >= 0.3 is 6.18 Å². The summed E-state index contributed by atoms with van der Waals surface area (Å²) in [7, 11) is 1.64. The number of alkyl halides is 3. The highest BCUT2D eigenvalue weighted by molar-refractivity contribution is 7.07. The van der Waals surface area contributed by atoms with Crippen molar-refractivity contribution in [2.24, 2.45) is 0 Å². The average Bonchev–Trinajstić information content (AvgIpc) is 3.25. The van der Waals surface area contributed by atoms with Crippen LogP contribution >= 0.6 is 11.3 Å². The predicted molar refractivity (Wildman–Crippen MR) is 148 cm³/mol. The Morgan fingerprint density at radius 1 is 1.20 bits per heavy atom. The van der Waals surface area contributed by atoms with Crippen LogP contribution in [0.5, 0.6) is 0 Å². The van der Waals surface area contributed by atoms with Crippen LogP contribution in [-0.2, 0) is 20.9 Å². The summed E-state index contributed by atoms with van der Waals surface area (Å²) < 4.78 is 38.8. The zero-order valence-corrected chi connectivity index (χ0v) is 23.6. The Hall–Kier alpha value is -4.16. The van der Waals surface area contributed by atoms with E-state index in [-0.39, 0.29) is 34.1 Å². The highest BCUT2D eigenvalue weighted by Crippen LogP contribution is 2.19. The molecule has 11 nitrogen and oxygen atoms in total. The molecule has 0 bridgehead atoms. The molecule has 1 saturated heterocycles. The fourth-order valence-corrected chi connectivity index (χ4v) is 5.16. The first-order valence-electron chi connectivity index (χ1n) is 12.6. The number of amides is 3. The molecule has 41 heavy (non-hydrogen) atoms. The fraction of sp³-hybridized carbons (Fsp3) is 0.423. The fourth-order valence-electron chi connectivity index (χ4n) is 4.07. The van der Waals surface area contributed by atoms with E-state index in [9.17, 15) is 37.6 Å². The van der Waals surface area contributed by atoms with Gasteiger partial charge in [0, 0.05) is 64.3 Å². The minimum atomic E-state index is -4.65. The molecule has 2 N–H and O–H groups in total. The Bertz CT molecular complexity index is 1520. The second kappa shape index (κ2) is 13.5. The summed E-state index contributed by atoms with van der Waals surface area (Å²) in [6, 6.07) is 8.49. The van der Waals surface area contributed by atoms with Crippen molar-refractivity contribution in [3.63, 3.8) is 0 Å². The molecule has 1 aromatic carbocycles. The molecule has 3 rings (SSSR count). The first-order chi connectivity index (χ1) is 19.3. The van der Waals surface area contributed by atoms with Gasteiger partial charge in [-0.25, -0.2) is 0 Å². The van der Waals surface area contributed by atoms with Gasteiger partial charge in [-0.3, -0.25) is 28.6 Å². The predicted octanol–water partition coefficient (Wildman–Crippen LogP) is 0.259. The van der Waals surface area contributed by atoms with E-state index in [1.165, 1.54) is 18.0 Å². The molecular formula is C26H30F3N7O4S. The number of rotatable bonds is 8. The van der Waals surface area contributed by atoms with Crippen molar-refractivity contribution < 1.29 is 27.6 Å². The molecule has 1 aliphatic rings. The molecule has 3 amide bonds. The Morgan fingerprint density at radius 3 is 2.46 bits per heavy atom. The van der Waals surface area contributed by atoms with Crippen LogP contribution in [0.1, 0.15) is 13.8 Å². The molecule has 0 spiro atoms. The van der Waals surface area contributed by atoms with Crippen molar-refractivity contribution in [2.75, 3.05) is 56.5 Å². The van der Waals surface area contributed by atoms with Gasteiger partial charge in [0.25, 0.3) is 11.5 Å². The lowest BCUT2D eigenvalue weighted by molar-refractivity contribution is -0.135. The van der Waals surface area contributed by atoms with Crippen LogP contribution < -0.4 is 30.3 Å². The second-order valence-corrected chi connectivity index (χ2v) is 10.2. The minimum Gasteiger partial charge on any atom is -0.360 e. The largest absolute Gasteiger partial charge is 0.405 e. The smallest absolute Gasteiger partial charge is 0.360 e. The summed E-state index contributed by atoms with van der Waals surface area (Å²) in [6.07, 6.45) is -3.28. The Labute approximate surface area is 237 Å². The third kappa shape index (κ3) is 8.18. The SMILES string of the molecule is CCn1c(=O)/c(=C\Nc2cccc(N(C)C(=O)CN3CCN(C(C)=O)CC3)c2)s/c1=C(/C#N)C(=O)NCC(F)(F)F. The van der Waals surface area contributed by atoms with Crippen molar-refractivity contribution in [1.29, 1.82) is 5.26 Å². The number of hydrogen-bond acceptors (Lipinski definition) is 8. The number of thiazole rings is 1. The highest BCUT2D eigenvalue weighted by atomic mass is 32.1. The minimum absolute atomic E-state index is 0.0108. The van der Waals surface area contributed by atoms with Gasteiger partial charge in [0.2, 0.25) is 11.8 Å². The number of nitrogens with zero attached hydrogens (tertiary/aromatic N) is 5. The maximum absolute atomic E-state index is 12.9. The molecule has 1 fully saturated rings. The van der Waals surface area contributed by atoms with Crippen LogP contribution in [0, 0.1) is 11.3 Å². The molecule has 0 saturated carbocycles. The maximum atomic E-state index is 12.9. The van der Waals surface area contributed by atoms with Crippen molar-refractivity contribution in [1.82, 2.24) is 19.7 Å². The molecule has 0 aliphatic carbocycles. The van der Waals surface area contributed by atoms with Crippen LogP contribution in [0.4, 0.5) is 24.5 Å². The molecule has 2 aromatic rings. The van der Waals surface area contributed by atoms with Gasteiger partial charge in [0.05, 0.1) is 6.54 Å². The van der Waals surface area contributed by atoms with Gasteiger partial charge < -0.3 is 20.4 Å². The summed E-state index contributed by atoms with van der Waals surface area (Å²) in [6.45, 7) is 4.13. The summed E-state index contributed by atoms with van der Waals surface area (Å²) >= 11 is 0.797. The third-order valence-electron chi connectivity index (χ3n) is 6.38. The molecule has 15 heteroatoms. The van der Waals surface area contributed by atoms with Crippen molar-refractivity contribution in [2.45, 2.75) is 26.6 Å². The molecular weight excluding hydrogens is 563 g/mol. The zero-order valence-electron chi connectivity index (χ0n) is 22.7. The van der Waals surface area contributed by atoms with Gasteiger partial charge in [-0.1, -0.05) is 6.07 Å². The summed E-state index contributed by atoms with van der Waals surface area (Å²) in [4.78, 5) is 54.8. The number of hydrogen-bond donors (Lipinski definition) is 2. The molecule has 220 valence electrons. The van der Waals surface area contributed by atoms with Gasteiger partial charge in [-0.05, 0) is 25.1 Å². The Morgan fingerprint density at radius 2 is 1.88 bits per heavy atom. The van der Waals surface area contributed by atoms with E-state index in [4.69, 9.17) is 0 Å². The Balaban J connectivity index is 1.78. The van der Waals surface area contributed by atoms with Crippen LogP contribution in [0.15, 0.2) is 29.1 Å². The summed E-state index contributed by atoms with van der Waals surface area (Å²) in [5.74, 6) is -1.36. The van der Waals surface area contributed by atoms with Gasteiger partial charge in [0.1, 0.15) is 21.8 Å². The van der Waals surface area contributed by atoms with E-state index in [0.717, 1.165) is 15.9 Å².